The Bertz CT molecular complexity index is 4.00. The molecule has 0 fully saturated rings. The van der Waals surface area contributed by atoms with Gasteiger partial charge in [0.15, 0.2) is 0 Å². The summed E-state index contributed by atoms with van der Waals surface area (Å²) in [6.45, 7) is 0. The van der Waals surface area contributed by atoms with Crippen molar-refractivity contribution in [3.8, 4) is 0 Å². The van der Waals surface area contributed by atoms with Gasteiger partial charge < -0.3 is 34.0 Å². The standard InChI is InChI=1S/2Ag.2BrH/h;;2*1H/q2*+1;;/p-2. The largest absolute Gasteiger partial charge is 1.00 e. The van der Waals surface area contributed by atoms with Crippen LogP contribution in [0.5, 0.6) is 0 Å². The first-order valence-electron chi connectivity index (χ1n) is 0. The smallest absolute Gasteiger partial charge is 1.00 e. The van der Waals surface area contributed by atoms with E-state index >= 15 is 0 Å². The van der Waals surface area contributed by atoms with Crippen LogP contribution in [-0.2, 0) is 44.8 Å². The molecule has 0 aromatic rings. The fourth-order valence-corrected chi connectivity index (χ4v) is 0. The van der Waals surface area contributed by atoms with Gasteiger partial charge in [0, 0.05) is 0 Å². The van der Waals surface area contributed by atoms with Crippen LogP contribution in [-0.4, -0.2) is 0 Å². The summed E-state index contributed by atoms with van der Waals surface area (Å²) in [7, 11) is 0. The summed E-state index contributed by atoms with van der Waals surface area (Å²) in [6.07, 6.45) is 0. The molecule has 0 radical (unpaired) electrons. The van der Waals surface area contributed by atoms with E-state index in [-0.39, 0.29) is 78.7 Å². The van der Waals surface area contributed by atoms with Crippen molar-refractivity contribution in [3.05, 3.63) is 0 Å². The first kappa shape index (κ1) is 32.0. The van der Waals surface area contributed by atoms with Crippen molar-refractivity contribution < 1.29 is 78.7 Å². The van der Waals surface area contributed by atoms with E-state index < -0.39 is 0 Å². The molecule has 0 saturated carbocycles. The molecular formula is Ag2Br2. The van der Waals surface area contributed by atoms with Crippen molar-refractivity contribution in [1.82, 2.24) is 0 Å². The maximum atomic E-state index is 0. The SMILES string of the molecule is [Ag+].[Ag+].[Br-].[Br-]. The van der Waals surface area contributed by atoms with Crippen molar-refractivity contribution in [3.63, 3.8) is 0 Å². The van der Waals surface area contributed by atoms with Crippen molar-refractivity contribution in [2.75, 3.05) is 0 Å². The zero-order chi connectivity index (χ0) is 0. The second kappa shape index (κ2) is 18.0. The number of hydrogen-bond donors (Lipinski definition) is 0. The molecule has 0 aromatic heterocycles. The molecule has 0 aliphatic carbocycles. The van der Waals surface area contributed by atoms with Gasteiger partial charge in [0.2, 0.25) is 0 Å². The first-order valence-corrected chi connectivity index (χ1v) is 0. The predicted octanol–water partition coefficient (Wildman–Crippen LogP) is -6.00. The molecule has 36 valence electrons. The third kappa shape index (κ3) is 8.83. The summed E-state index contributed by atoms with van der Waals surface area (Å²) in [4.78, 5) is 0. The van der Waals surface area contributed by atoms with E-state index in [0.29, 0.717) is 0 Å². The number of rotatable bonds is 0. The normalized spacial score (nSPS) is 0. The van der Waals surface area contributed by atoms with E-state index in [0.717, 1.165) is 0 Å². The van der Waals surface area contributed by atoms with Gasteiger partial charge in [-0.3, -0.25) is 0 Å². The molecule has 0 aliphatic heterocycles. The maximum Gasteiger partial charge on any atom is 1.00 e. The van der Waals surface area contributed by atoms with Gasteiger partial charge in [0.05, 0.1) is 0 Å². The first-order chi connectivity index (χ1) is 0. The maximum absolute atomic E-state index is 0. The van der Waals surface area contributed by atoms with Gasteiger partial charge in [0.1, 0.15) is 0 Å². The van der Waals surface area contributed by atoms with E-state index in [2.05, 4.69) is 0 Å². The Balaban J connectivity index is 0. The molecule has 0 aromatic carbocycles. The minimum absolute atomic E-state index is 0. The van der Waals surface area contributed by atoms with Gasteiger partial charge in [-0.2, -0.15) is 0 Å². The second-order valence-electron chi connectivity index (χ2n) is 0. The average molecular weight is 376 g/mol. The second-order valence-corrected chi connectivity index (χ2v) is 0. The van der Waals surface area contributed by atoms with Gasteiger partial charge in [-0.15, -0.1) is 0 Å². The van der Waals surface area contributed by atoms with Crippen LogP contribution in [0.1, 0.15) is 0 Å². The average Bonchev–Trinajstić information content (AvgIpc) is 0. The quantitative estimate of drug-likeness (QED) is 0.370. The third-order valence-corrected chi connectivity index (χ3v) is 0. The molecule has 0 heterocycles. The molecule has 0 nitrogen and oxygen atoms in total. The molecule has 0 bridgehead atoms. The zero-order valence-electron chi connectivity index (χ0n) is 1.36. The number of hydrogen-bond acceptors (Lipinski definition) is 0. The van der Waals surface area contributed by atoms with Gasteiger partial charge in [-0.25, -0.2) is 0 Å². The summed E-state index contributed by atoms with van der Waals surface area (Å²) in [6, 6.07) is 0. The van der Waals surface area contributed by atoms with Crippen LogP contribution >= 0.6 is 0 Å². The van der Waals surface area contributed by atoms with Crippen LogP contribution in [0.3, 0.4) is 0 Å². The number of halogens is 2. The summed E-state index contributed by atoms with van der Waals surface area (Å²) in [5, 5.41) is 0. The van der Waals surface area contributed by atoms with Gasteiger partial charge >= 0.3 is 44.8 Å². The predicted molar refractivity (Wildman–Crippen MR) is 0 cm³/mol. The van der Waals surface area contributed by atoms with Crippen LogP contribution < -0.4 is 34.0 Å². The minimum Gasteiger partial charge on any atom is -1.00 e. The molecule has 0 amide bonds. The van der Waals surface area contributed by atoms with Crippen molar-refractivity contribution in [2.24, 2.45) is 0 Å². The Morgan fingerprint density at radius 3 is 0.500 bits per heavy atom. The molecule has 0 unspecified atom stereocenters. The molecule has 0 rings (SSSR count). The van der Waals surface area contributed by atoms with Crippen LogP contribution in [0.15, 0.2) is 0 Å². The Hall–Kier alpha value is 2.44. The monoisotopic (exact) mass is 372 g/mol. The molecule has 0 spiro atoms. The molecular weight excluding hydrogens is 376 g/mol. The molecule has 4 heteroatoms. The summed E-state index contributed by atoms with van der Waals surface area (Å²) >= 11 is 0. The van der Waals surface area contributed by atoms with Crippen LogP contribution in [0.2, 0.25) is 0 Å². The van der Waals surface area contributed by atoms with Crippen LogP contribution in [0, 0.1) is 0 Å². The minimum atomic E-state index is 0. The van der Waals surface area contributed by atoms with Crippen molar-refractivity contribution in [1.29, 1.82) is 0 Å². The van der Waals surface area contributed by atoms with E-state index in [4.69, 9.17) is 0 Å². The van der Waals surface area contributed by atoms with Crippen molar-refractivity contribution >= 4 is 0 Å². The Morgan fingerprint density at radius 1 is 0.500 bits per heavy atom. The molecule has 0 saturated heterocycles. The topological polar surface area (TPSA) is 0 Å². The van der Waals surface area contributed by atoms with Crippen LogP contribution in [0.25, 0.3) is 0 Å². The summed E-state index contributed by atoms with van der Waals surface area (Å²) in [5.41, 5.74) is 0. The van der Waals surface area contributed by atoms with Gasteiger partial charge in [0.25, 0.3) is 0 Å². The summed E-state index contributed by atoms with van der Waals surface area (Å²) < 4.78 is 0. The van der Waals surface area contributed by atoms with E-state index in [1.165, 1.54) is 0 Å². The third-order valence-electron chi connectivity index (χ3n) is 0. The molecule has 0 atom stereocenters. The molecule has 0 aliphatic rings. The van der Waals surface area contributed by atoms with Crippen molar-refractivity contribution in [2.45, 2.75) is 0 Å². The van der Waals surface area contributed by atoms with Crippen LogP contribution in [0.4, 0.5) is 0 Å². The Kier molecular flexibility index (Phi) is 144. The molecule has 4 heavy (non-hydrogen) atoms. The fraction of sp³-hybridized carbons (Fsp3) is 0. The van der Waals surface area contributed by atoms with Gasteiger partial charge in [-0.05, 0) is 0 Å². The Morgan fingerprint density at radius 2 is 0.500 bits per heavy atom. The Labute approximate surface area is 77.7 Å². The van der Waals surface area contributed by atoms with E-state index in [1.807, 2.05) is 0 Å². The zero-order valence-corrected chi connectivity index (χ0v) is 7.50. The van der Waals surface area contributed by atoms with E-state index in [1.54, 1.807) is 0 Å². The summed E-state index contributed by atoms with van der Waals surface area (Å²) in [5.74, 6) is 0. The molecule has 0 N–H and O–H groups in total. The van der Waals surface area contributed by atoms with E-state index in [9.17, 15) is 0 Å². The fourth-order valence-electron chi connectivity index (χ4n) is 0. The van der Waals surface area contributed by atoms with Gasteiger partial charge in [-0.1, -0.05) is 0 Å².